The first-order valence-corrected chi connectivity index (χ1v) is 3.59. The van der Waals surface area contributed by atoms with Gasteiger partial charge in [-0.1, -0.05) is 13.3 Å². The van der Waals surface area contributed by atoms with Crippen LogP contribution in [-0.4, -0.2) is 12.0 Å². The molecular weight excluding hydrogens is 126 g/mol. The van der Waals surface area contributed by atoms with Crippen molar-refractivity contribution in [3.05, 3.63) is 11.8 Å². The monoisotopic (exact) mass is 137 g/mol. The minimum absolute atomic E-state index is 0.179. The van der Waals surface area contributed by atoms with E-state index in [0.717, 1.165) is 18.5 Å². The van der Waals surface area contributed by atoms with Crippen LogP contribution in [0.5, 0.6) is 0 Å². The Labute approximate surface area is 60.7 Å². The fourth-order valence-corrected chi connectivity index (χ4v) is 0.928. The lowest BCUT2D eigenvalue weighted by atomic mass is 10.1. The van der Waals surface area contributed by atoms with Crippen LogP contribution in [0.4, 0.5) is 0 Å². The van der Waals surface area contributed by atoms with Crippen molar-refractivity contribution < 1.29 is 4.79 Å². The van der Waals surface area contributed by atoms with E-state index in [0.29, 0.717) is 6.42 Å². The molecule has 1 heterocycles. The van der Waals surface area contributed by atoms with E-state index in [9.17, 15) is 4.79 Å². The van der Waals surface area contributed by atoms with Gasteiger partial charge in [-0.15, -0.1) is 0 Å². The second-order valence-corrected chi connectivity index (χ2v) is 2.37. The number of aliphatic imine (C=N–C) groups is 1. The SMILES string of the molecule is CCCC1=CC(=O)CC=N1. The van der Waals surface area contributed by atoms with Gasteiger partial charge in [-0.2, -0.15) is 0 Å². The Hall–Kier alpha value is -0.920. The highest BCUT2D eigenvalue weighted by Gasteiger charge is 2.03. The molecule has 0 amide bonds. The predicted octanol–water partition coefficient (Wildman–Crippen LogP) is 1.71. The Kier molecular flexibility index (Phi) is 2.37. The van der Waals surface area contributed by atoms with Gasteiger partial charge in [0.2, 0.25) is 0 Å². The number of carbonyl (C=O) groups excluding carboxylic acids is 1. The van der Waals surface area contributed by atoms with Crippen molar-refractivity contribution >= 4 is 12.0 Å². The van der Waals surface area contributed by atoms with Gasteiger partial charge in [-0.3, -0.25) is 9.79 Å². The molecule has 0 atom stereocenters. The fraction of sp³-hybridized carbons (Fsp3) is 0.500. The number of ketones is 1. The van der Waals surface area contributed by atoms with E-state index in [4.69, 9.17) is 0 Å². The van der Waals surface area contributed by atoms with E-state index in [1.165, 1.54) is 0 Å². The molecule has 0 radical (unpaired) electrons. The molecule has 0 aromatic carbocycles. The highest BCUT2D eigenvalue weighted by Crippen LogP contribution is 2.09. The van der Waals surface area contributed by atoms with Gasteiger partial charge >= 0.3 is 0 Å². The van der Waals surface area contributed by atoms with E-state index in [1.54, 1.807) is 12.3 Å². The molecule has 0 fully saturated rings. The predicted molar refractivity (Wildman–Crippen MR) is 41.1 cm³/mol. The average molecular weight is 137 g/mol. The van der Waals surface area contributed by atoms with E-state index in [1.807, 2.05) is 0 Å². The van der Waals surface area contributed by atoms with Crippen molar-refractivity contribution in [2.45, 2.75) is 26.2 Å². The maximum absolute atomic E-state index is 10.8. The molecule has 0 bridgehead atoms. The Balaban J connectivity index is 2.57. The summed E-state index contributed by atoms with van der Waals surface area (Å²) in [4.78, 5) is 14.9. The lowest BCUT2D eigenvalue weighted by Gasteiger charge is -2.02. The molecular formula is C8H11NO. The van der Waals surface area contributed by atoms with Gasteiger partial charge in [0.25, 0.3) is 0 Å². The standard InChI is InChI=1S/C8H11NO/c1-2-3-7-6-8(10)4-5-9-7/h5-6H,2-4H2,1H3. The molecule has 1 aliphatic heterocycles. The molecule has 0 saturated heterocycles. The van der Waals surface area contributed by atoms with Crippen molar-refractivity contribution in [2.75, 3.05) is 0 Å². The van der Waals surface area contributed by atoms with Crippen molar-refractivity contribution in [1.82, 2.24) is 0 Å². The minimum Gasteiger partial charge on any atom is -0.294 e. The van der Waals surface area contributed by atoms with E-state index >= 15 is 0 Å². The summed E-state index contributed by atoms with van der Waals surface area (Å²) in [7, 11) is 0. The largest absolute Gasteiger partial charge is 0.294 e. The van der Waals surface area contributed by atoms with Crippen LogP contribution in [0, 0.1) is 0 Å². The summed E-state index contributed by atoms with van der Waals surface area (Å²) in [6.45, 7) is 2.08. The molecule has 1 aliphatic rings. The van der Waals surface area contributed by atoms with E-state index < -0.39 is 0 Å². The molecule has 0 N–H and O–H groups in total. The highest BCUT2D eigenvalue weighted by molar-refractivity contribution is 6.01. The van der Waals surface area contributed by atoms with Crippen molar-refractivity contribution in [1.29, 1.82) is 0 Å². The number of rotatable bonds is 2. The van der Waals surface area contributed by atoms with Crippen LogP contribution in [0.2, 0.25) is 0 Å². The molecule has 0 saturated carbocycles. The third kappa shape index (κ3) is 1.79. The van der Waals surface area contributed by atoms with Crippen molar-refractivity contribution in [3.63, 3.8) is 0 Å². The molecule has 0 aromatic heterocycles. The molecule has 0 spiro atoms. The number of allylic oxidation sites excluding steroid dienone is 2. The molecule has 1 rings (SSSR count). The second kappa shape index (κ2) is 3.30. The smallest absolute Gasteiger partial charge is 0.162 e. The van der Waals surface area contributed by atoms with Crippen molar-refractivity contribution in [3.8, 4) is 0 Å². The number of nitrogens with zero attached hydrogens (tertiary/aromatic N) is 1. The summed E-state index contributed by atoms with van der Waals surface area (Å²) in [5.74, 6) is 0.179. The normalized spacial score (nSPS) is 17.3. The quantitative estimate of drug-likeness (QED) is 0.569. The zero-order valence-electron chi connectivity index (χ0n) is 6.13. The van der Waals surface area contributed by atoms with Gasteiger partial charge < -0.3 is 0 Å². The van der Waals surface area contributed by atoms with Gasteiger partial charge in [-0.25, -0.2) is 0 Å². The number of hydrogen-bond donors (Lipinski definition) is 0. The van der Waals surface area contributed by atoms with Crippen LogP contribution >= 0.6 is 0 Å². The van der Waals surface area contributed by atoms with Gasteiger partial charge in [0.1, 0.15) is 0 Å². The molecule has 0 aliphatic carbocycles. The van der Waals surface area contributed by atoms with Crippen LogP contribution in [0.25, 0.3) is 0 Å². The molecule has 54 valence electrons. The lowest BCUT2D eigenvalue weighted by molar-refractivity contribution is -0.113. The summed E-state index contributed by atoms with van der Waals surface area (Å²) in [6, 6.07) is 0. The van der Waals surface area contributed by atoms with E-state index in [2.05, 4.69) is 11.9 Å². The molecule has 2 heteroatoms. The number of carbonyl (C=O) groups is 1. The molecule has 0 aromatic rings. The highest BCUT2D eigenvalue weighted by atomic mass is 16.1. The lowest BCUT2D eigenvalue weighted by Crippen LogP contribution is -2.00. The maximum Gasteiger partial charge on any atom is 0.162 e. The Morgan fingerprint density at radius 3 is 3.10 bits per heavy atom. The topological polar surface area (TPSA) is 29.4 Å². The first-order valence-electron chi connectivity index (χ1n) is 3.59. The average Bonchev–Trinajstić information content (AvgIpc) is 1.88. The van der Waals surface area contributed by atoms with Gasteiger partial charge in [0.15, 0.2) is 5.78 Å². The Morgan fingerprint density at radius 1 is 1.70 bits per heavy atom. The fourth-order valence-electron chi connectivity index (χ4n) is 0.928. The van der Waals surface area contributed by atoms with Crippen LogP contribution in [0.3, 0.4) is 0 Å². The van der Waals surface area contributed by atoms with Crippen LogP contribution in [-0.2, 0) is 4.79 Å². The van der Waals surface area contributed by atoms with Crippen molar-refractivity contribution in [2.24, 2.45) is 4.99 Å². The van der Waals surface area contributed by atoms with Gasteiger partial charge in [-0.05, 0) is 6.42 Å². The third-order valence-corrected chi connectivity index (χ3v) is 1.38. The van der Waals surface area contributed by atoms with Crippen LogP contribution < -0.4 is 0 Å². The van der Waals surface area contributed by atoms with Crippen LogP contribution in [0.15, 0.2) is 16.8 Å². The summed E-state index contributed by atoms with van der Waals surface area (Å²) in [5, 5.41) is 0. The third-order valence-electron chi connectivity index (χ3n) is 1.38. The Bertz CT molecular complexity index is 191. The summed E-state index contributed by atoms with van der Waals surface area (Å²) >= 11 is 0. The number of hydrogen-bond acceptors (Lipinski definition) is 2. The second-order valence-electron chi connectivity index (χ2n) is 2.37. The first-order chi connectivity index (χ1) is 4.83. The first kappa shape index (κ1) is 7.19. The zero-order valence-corrected chi connectivity index (χ0v) is 6.13. The Morgan fingerprint density at radius 2 is 2.50 bits per heavy atom. The molecule has 2 nitrogen and oxygen atoms in total. The molecule has 0 unspecified atom stereocenters. The maximum atomic E-state index is 10.8. The van der Waals surface area contributed by atoms with Gasteiger partial charge in [0.05, 0.1) is 0 Å². The minimum atomic E-state index is 0.179. The summed E-state index contributed by atoms with van der Waals surface area (Å²) in [6.07, 6.45) is 5.78. The zero-order chi connectivity index (χ0) is 7.40. The molecule has 10 heavy (non-hydrogen) atoms. The summed E-state index contributed by atoms with van der Waals surface area (Å²) < 4.78 is 0. The summed E-state index contributed by atoms with van der Waals surface area (Å²) in [5.41, 5.74) is 0.929. The van der Waals surface area contributed by atoms with E-state index in [-0.39, 0.29) is 5.78 Å². The van der Waals surface area contributed by atoms with Gasteiger partial charge in [0, 0.05) is 24.4 Å². The van der Waals surface area contributed by atoms with Crippen LogP contribution in [0.1, 0.15) is 26.2 Å².